The molecule has 1 aromatic carbocycles. The molecule has 0 spiro atoms. The van der Waals surface area contributed by atoms with Crippen molar-refractivity contribution in [1.82, 2.24) is 9.88 Å². The summed E-state index contributed by atoms with van der Waals surface area (Å²) in [5.74, 6) is 0.749. The molecule has 1 fully saturated rings. The molecule has 148 valence electrons. The number of carbonyl (C=O) groups is 1. The average molecular weight is 379 g/mol. The fourth-order valence-corrected chi connectivity index (χ4v) is 4.28. The van der Waals surface area contributed by atoms with Gasteiger partial charge in [0.2, 0.25) is 0 Å². The van der Waals surface area contributed by atoms with Crippen LogP contribution in [0.3, 0.4) is 0 Å². The van der Waals surface area contributed by atoms with Gasteiger partial charge in [0.1, 0.15) is 5.82 Å². The lowest BCUT2D eigenvalue weighted by atomic mass is 9.98. The van der Waals surface area contributed by atoms with Crippen molar-refractivity contribution >= 4 is 17.4 Å². The van der Waals surface area contributed by atoms with Gasteiger partial charge in [-0.25, -0.2) is 4.98 Å². The van der Waals surface area contributed by atoms with Crippen LogP contribution >= 0.6 is 0 Å². The standard InChI is InChI=1S/C23H30N4O/c1-23(2,3)26-14-11-18(12-15-26)25-21-19(8-6-13-24-21)22(28)27-16-10-17-7-4-5-9-20(17)27/h4-9,13,18H,10-12,14-16H2,1-3H3,(H,24,25). The van der Waals surface area contributed by atoms with Crippen molar-refractivity contribution in [2.24, 2.45) is 0 Å². The number of benzene rings is 1. The summed E-state index contributed by atoms with van der Waals surface area (Å²) in [6.07, 6.45) is 4.81. The maximum absolute atomic E-state index is 13.3. The highest BCUT2D eigenvalue weighted by molar-refractivity contribution is 6.10. The Bertz CT molecular complexity index is 850. The number of para-hydroxylation sites is 1. The molecule has 1 N–H and O–H groups in total. The van der Waals surface area contributed by atoms with E-state index in [9.17, 15) is 4.79 Å². The lowest BCUT2D eigenvalue weighted by Crippen LogP contribution is -2.48. The minimum Gasteiger partial charge on any atom is -0.367 e. The molecule has 1 saturated heterocycles. The van der Waals surface area contributed by atoms with E-state index in [2.05, 4.69) is 42.0 Å². The third kappa shape index (κ3) is 3.76. The maximum atomic E-state index is 13.3. The fourth-order valence-electron chi connectivity index (χ4n) is 4.28. The van der Waals surface area contributed by atoms with E-state index in [1.54, 1.807) is 6.20 Å². The van der Waals surface area contributed by atoms with Gasteiger partial charge in [-0.2, -0.15) is 0 Å². The van der Waals surface area contributed by atoms with Gasteiger partial charge < -0.3 is 10.2 Å². The number of aromatic nitrogens is 1. The van der Waals surface area contributed by atoms with E-state index in [4.69, 9.17) is 0 Å². The van der Waals surface area contributed by atoms with E-state index in [0.717, 1.165) is 44.6 Å². The second-order valence-electron chi connectivity index (χ2n) is 8.81. The van der Waals surface area contributed by atoms with Gasteiger partial charge in [0.25, 0.3) is 5.91 Å². The van der Waals surface area contributed by atoms with Gasteiger partial charge in [-0.1, -0.05) is 18.2 Å². The van der Waals surface area contributed by atoms with Crippen LogP contribution < -0.4 is 10.2 Å². The van der Waals surface area contributed by atoms with Crippen molar-refractivity contribution in [2.45, 2.75) is 51.6 Å². The molecule has 0 radical (unpaired) electrons. The summed E-state index contributed by atoms with van der Waals surface area (Å²) in [4.78, 5) is 22.2. The molecule has 1 aromatic heterocycles. The number of hydrogen-bond acceptors (Lipinski definition) is 4. The number of rotatable bonds is 3. The van der Waals surface area contributed by atoms with Gasteiger partial charge in [-0.05, 0) is 63.8 Å². The summed E-state index contributed by atoms with van der Waals surface area (Å²) >= 11 is 0. The second-order valence-corrected chi connectivity index (χ2v) is 8.81. The van der Waals surface area contributed by atoms with Crippen LogP contribution in [0.15, 0.2) is 42.6 Å². The summed E-state index contributed by atoms with van der Waals surface area (Å²) in [6, 6.07) is 12.3. The summed E-state index contributed by atoms with van der Waals surface area (Å²) < 4.78 is 0. The lowest BCUT2D eigenvalue weighted by molar-refractivity contribution is 0.0989. The van der Waals surface area contributed by atoms with Crippen LogP contribution in [0.4, 0.5) is 11.5 Å². The number of carbonyl (C=O) groups excluding carboxylic acids is 1. The second kappa shape index (κ2) is 7.55. The summed E-state index contributed by atoms with van der Waals surface area (Å²) in [5.41, 5.74) is 3.14. The molecule has 0 saturated carbocycles. The molecule has 0 unspecified atom stereocenters. The van der Waals surface area contributed by atoms with Crippen molar-refractivity contribution in [3.63, 3.8) is 0 Å². The molecule has 0 atom stereocenters. The minimum atomic E-state index is 0.0349. The van der Waals surface area contributed by atoms with Crippen LogP contribution in [0.2, 0.25) is 0 Å². The summed E-state index contributed by atoms with van der Waals surface area (Å²) in [6.45, 7) is 9.67. The van der Waals surface area contributed by atoms with Crippen molar-refractivity contribution < 1.29 is 4.79 Å². The van der Waals surface area contributed by atoms with Crippen molar-refractivity contribution in [3.8, 4) is 0 Å². The van der Waals surface area contributed by atoms with Crippen LogP contribution in [0, 0.1) is 0 Å². The van der Waals surface area contributed by atoms with Crippen LogP contribution in [0.1, 0.15) is 49.5 Å². The Labute approximate surface area is 167 Å². The van der Waals surface area contributed by atoms with Crippen LogP contribution in [0.25, 0.3) is 0 Å². The Hall–Kier alpha value is -2.40. The van der Waals surface area contributed by atoms with Gasteiger partial charge in [0.15, 0.2) is 0 Å². The molecule has 0 aliphatic carbocycles. The number of hydrogen-bond donors (Lipinski definition) is 1. The first-order chi connectivity index (χ1) is 13.4. The van der Waals surface area contributed by atoms with Gasteiger partial charge in [0, 0.05) is 43.1 Å². The SMILES string of the molecule is CC(C)(C)N1CCC(Nc2ncccc2C(=O)N2CCc3ccccc32)CC1. The minimum absolute atomic E-state index is 0.0349. The number of pyridine rings is 1. The highest BCUT2D eigenvalue weighted by Gasteiger charge is 2.30. The molecular weight excluding hydrogens is 348 g/mol. The number of piperidine rings is 1. The lowest BCUT2D eigenvalue weighted by Gasteiger charge is -2.41. The Kier molecular flexibility index (Phi) is 5.11. The number of likely N-dealkylation sites (tertiary alicyclic amines) is 1. The van der Waals surface area contributed by atoms with Crippen molar-refractivity contribution in [2.75, 3.05) is 29.9 Å². The molecule has 5 heteroatoms. The maximum Gasteiger partial charge on any atom is 0.262 e. The number of fused-ring (bicyclic) bond motifs is 1. The molecule has 3 heterocycles. The summed E-state index contributed by atoms with van der Waals surface area (Å²) in [7, 11) is 0. The fraction of sp³-hybridized carbons (Fsp3) is 0.478. The Balaban J connectivity index is 1.49. The predicted octanol–water partition coefficient (Wildman–Crippen LogP) is 3.96. The number of nitrogens with zero attached hydrogens (tertiary/aromatic N) is 3. The largest absolute Gasteiger partial charge is 0.367 e. The van der Waals surface area contributed by atoms with Crippen molar-refractivity contribution in [3.05, 3.63) is 53.7 Å². The van der Waals surface area contributed by atoms with Crippen LogP contribution in [-0.4, -0.2) is 47.0 Å². The zero-order chi connectivity index (χ0) is 19.7. The third-order valence-electron chi connectivity index (χ3n) is 5.95. The highest BCUT2D eigenvalue weighted by Crippen LogP contribution is 2.30. The molecule has 0 bridgehead atoms. The highest BCUT2D eigenvalue weighted by atomic mass is 16.2. The van der Waals surface area contributed by atoms with Gasteiger partial charge >= 0.3 is 0 Å². The molecule has 2 aliphatic heterocycles. The molecule has 2 aromatic rings. The van der Waals surface area contributed by atoms with Crippen molar-refractivity contribution in [1.29, 1.82) is 0 Å². The first kappa shape index (κ1) is 18.9. The van der Waals surface area contributed by atoms with E-state index in [0.29, 0.717) is 17.4 Å². The third-order valence-corrected chi connectivity index (χ3v) is 5.95. The van der Waals surface area contributed by atoms with E-state index in [1.165, 1.54) is 5.56 Å². The smallest absolute Gasteiger partial charge is 0.262 e. The van der Waals surface area contributed by atoms with Gasteiger partial charge in [0.05, 0.1) is 5.56 Å². The predicted molar refractivity (Wildman–Crippen MR) is 114 cm³/mol. The van der Waals surface area contributed by atoms with E-state index in [1.807, 2.05) is 35.2 Å². The zero-order valence-corrected chi connectivity index (χ0v) is 17.1. The van der Waals surface area contributed by atoms with E-state index < -0.39 is 0 Å². The van der Waals surface area contributed by atoms with Gasteiger partial charge in [-0.15, -0.1) is 0 Å². The first-order valence-corrected chi connectivity index (χ1v) is 10.3. The molecule has 4 rings (SSSR count). The Morgan fingerprint density at radius 2 is 1.82 bits per heavy atom. The average Bonchev–Trinajstić information content (AvgIpc) is 3.12. The van der Waals surface area contributed by atoms with Crippen LogP contribution in [-0.2, 0) is 6.42 Å². The Morgan fingerprint density at radius 3 is 2.57 bits per heavy atom. The quantitative estimate of drug-likeness (QED) is 0.878. The Morgan fingerprint density at radius 1 is 1.07 bits per heavy atom. The molecule has 1 amide bonds. The number of amides is 1. The normalized spacial score (nSPS) is 18.2. The number of nitrogens with one attached hydrogen (secondary N) is 1. The molecule has 28 heavy (non-hydrogen) atoms. The van der Waals surface area contributed by atoms with E-state index in [-0.39, 0.29) is 11.4 Å². The number of anilines is 2. The monoisotopic (exact) mass is 378 g/mol. The first-order valence-electron chi connectivity index (χ1n) is 10.3. The van der Waals surface area contributed by atoms with E-state index >= 15 is 0 Å². The molecule has 2 aliphatic rings. The van der Waals surface area contributed by atoms with Gasteiger partial charge in [-0.3, -0.25) is 9.69 Å². The zero-order valence-electron chi connectivity index (χ0n) is 17.1. The summed E-state index contributed by atoms with van der Waals surface area (Å²) in [5, 5.41) is 3.56. The topological polar surface area (TPSA) is 48.5 Å². The van der Waals surface area contributed by atoms with Crippen LogP contribution in [0.5, 0.6) is 0 Å². The molecule has 5 nitrogen and oxygen atoms in total. The molecular formula is C23H30N4O.